The molecule has 0 bridgehead atoms. The summed E-state index contributed by atoms with van der Waals surface area (Å²) in [6.45, 7) is 12.0. The van der Waals surface area contributed by atoms with Crippen molar-refractivity contribution in [2.75, 3.05) is 39.6 Å². The van der Waals surface area contributed by atoms with Crippen LogP contribution in [0, 0.1) is 17.8 Å². The molecule has 0 aliphatic rings. The van der Waals surface area contributed by atoms with E-state index < -0.39 is 97.5 Å². The maximum absolute atomic E-state index is 13.1. The number of hydrogen-bond acceptors (Lipinski definition) is 15. The fourth-order valence-electron chi connectivity index (χ4n) is 13.0. The first-order chi connectivity index (χ1) is 49.8. The van der Waals surface area contributed by atoms with Crippen LogP contribution in [0.4, 0.5) is 0 Å². The summed E-state index contributed by atoms with van der Waals surface area (Å²) in [7, 11) is -9.92. The van der Waals surface area contributed by atoms with Crippen LogP contribution in [-0.4, -0.2) is 96.7 Å². The van der Waals surface area contributed by atoms with Crippen LogP contribution in [-0.2, 0) is 65.4 Å². The number of ether oxygens (including phenoxy) is 4. The van der Waals surface area contributed by atoms with Gasteiger partial charge in [-0.2, -0.15) is 0 Å². The van der Waals surface area contributed by atoms with Gasteiger partial charge in [-0.3, -0.25) is 37.3 Å². The summed E-state index contributed by atoms with van der Waals surface area (Å²) in [4.78, 5) is 73.1. The Labute approximate surface area is 632 Å². The summed E-state index contributed by atoms with van der Waals surface area (Å²) < 4.78 is 68.8. The van der Waals surface area contributed by atoms with Gasteiger partial charge < -0.3 is 33.8 Å². The second-order valence-electron chi connectivity index (χ2n) is 31.4. The first-order valence-electron chi connectivity index (χ1n) is 43.4. The molecule has 0 aromatic carbocycles. The van der Waals surface area contributed by atoms with Crippen molar-refractivity contribution in [1.82, 2.24) is 0 Å². The minimum absolute atomic E-state index is 0.105. The maximum atomic E-state index is 13.1. The third kappa shape index (κ3) is 76.6. The second kappa shape index (κ2) is 74.2. The lowest BCUT2D eigenvalue weighted by Gasteiger charge is -2.21. The number of aliphatic hydroxyl groups excluding tert-OH is 1. The molecule has 0 rings (SSSR count). The molecule has 0 saturated carbocycles. The lowest BCUT2D eigenvalue weighted by molar-refractivity contribution is -0.161. The van der Waals surface area contributed by atoms with Crippen molar-refractivity contribution in [3.8, 4) is 0 Å². The highest BCUT2D eigenvalue weighted by Crippen LogP contribution is 2.45. The fourth-order valence-corrected chi connectivity index (χ4v) is 14.6. The molecule has 612 valence electrons. The van der Waals surface area contributed by atoms with Crippen LogP contribution in [0.3, 0.4) is 0 Å². The number of phosphoric ester groups is 2. The van der Waals surface area contributed by atoms with Gasteiger partial charge in [0, 0.05) is 25.7 Å². The summed E-state index contributed by atoms with van der Waals surface area (Å²) in [5, 5.41) is 10.7. The average Bonchev–Trinajstić information content (AvgIpc) is 0.947. The van der Waals surface area contributed by atoms with E-state index in [1.165, 1.54) is 250 Å². The Hall–Kier alpha value is -1.94. The van der Waals surface area contributed by atoms with Crippen molar-refractivity contribution in [3.05, 3.63) is 0 Å². The Balaban J connectivity index is 5.24. The molecule has 0 radical (unpaired) electrons. The van der Waals surface area contributed by atoms with Crippen LogP contribution in [0.15, 0.2) is 0 Å². The molecule has 0 aromatic rings. The summed E-state index contributed by atoms with van der Waals surface area (Å²) in [6.07, 6.45) is 63.8. The van der Waals surface area contributed by atoms with Gasteiger partial charge in [0.1, 0.15) is 19.3 Å². The molecule has 19 heteroatoms. The van der Waals surface area contributed by atoms with Crippen LogP contribution < -0.4 is 0 Å². The Morgan fingerprint density at radius 3 is 0.738 bits per heavy atom. The molecule has 3 N–H and O–H groups in total. The number of aliphatic hydroxyl groups is 1. The predicted molar refractivity (Wildman–Crippen MR) is 423 cm³/mol. The van der Waals surface area contributed by atoms with E-state index in [1.807, 2.05) is 0 Å². The lowest BCUT2D eigenvalue weighted by atomic mass is 9.99. The van der Waals surface area contributed by atoms with E-state index in [2.05, 4.69) is 48.5 Å². The first-order valence-corrected chi connectivity index (χ1v) is 46.4. The predicted octanol–water partition coefficient (Wildman–Crippen LogP) is 25.3. The third-order valence-corrected chi connectivity index (χ3v) is 21.9. The third-order valence-electron chi connectivity index (χ3n) is 20.0. The van der Waals surface area contributed by atoms with Crippen LogP contribution in [0.2, 0.25) is 0 Å². The van der Waals surface area contributed by atoms with Gasteiger partial charge in [0.2, 0.25) is 0 Å². The van der Waals surface area contributed by atoms with Crippen LogP contribution in [0.5, 0.6) is 0 Å². The standard InChI is InChI=1S/C84H164O17P2/c1-8-10-11-12-13-14-15-31-36-44-51-58-65-81(86)95-72-80(101-84(89)68-61-54-47-40-39-43-50-57-64-77(7)9-2)74-99-103(92,93)97-70-78(85)69-96-102(90,91)98-73-79(71-94-82(87)66-59-52-45-37-32-27-24-20-22-26-30-35-42-49-56-63-76(5)6)100-83(88)67-60-53-46-38-33-28-23-19-17-16-18-21-25-29-34-41-48-55-62-75(3)4/h75-80,85H,8-74H2,1-7H3,(H,90,91)(H,92,93)/t77?,78-,79-,80-/m1/s1. The Morgan fingerprint density at radius 1 is 0.282 bits per heavy atom. The highest BCUT2D eigenvalue weighted by atomic mass is 31.2. The summed E-state index contributed by atoms with van der Waals surface area (Å²) in [5.41, 5.74) is 0. The Morgan fingerprint density at radius 2 is 0.495 bits per heavy atom. The molecular formula is C84H164O17P2. The number of rotatable bonds is 82. The van der Waals surface area contributed by atoms with Crippen molar-refractivity contribution >= 4 is 39.5 Å². The molecule has 0 aliphatic carbocycles. The zero-order chi connectivity index (χ0) is 75.8. The van der Waals surface area contributed by atoms with Crippen molar-refractivity contribution < 1.29 is 80.2 Å². The number of phosphoric acid groups is 2. The minimum Gasteiger partial charge on any atom is -0.462 e. The molecule has 0 aliphatic heterocycles. The average molecular weight is 1510 g/mol. The minimum atomic E-state index is -4.97. The Bertz CT molecular complexity index is 1990. The van der Waals surface area contributed by atoms with Crippen molar-refractivity contribution in [1.29, 1.82) is 0 Å². The van der Waals surface area contributed by atoms with E-state index in [-0.39, 0.29) is 25.7 Å². The van der Waals surface area contributed by atoms with Crippen molar-refractivity contribution in [3.63, 3.8) is 0 Å². The zero-order valence-corrected chi connectivity index (χ0v) is 69.6. The highest BCUT2D eigenvalue weighted by molar-refractivity contribution is 7.47. The maximum Gasteiger partial charge on any atom is 0.472 e. The summed E-state index contributed by atoms with van der Waals surface area (Å²) in [5.74, 6) is 0.289. The number of hydrogen-bond donors (Lipinski definition) is 3. The van der Waals surface area contributed by atoms with Gasteiger partial charge in [-0.1, -0.05) is 389 Å². The van der Waals surface area contributed by atoms with E-state index in [9.17, 15) is 43.2 Å². The van der Waals surface area contributed by atoms with Gasteiger partial charge in [-0.15, -0.1) is 0 Å². The largest absolute Gasteiger partial charge is 0.472 e. The topological polar surface area (TPSA) is 237 Å². The second-order valence-corrected chi connectivity index (χ2v) is 34.3. The lowest BCUT2D eigenvalue weighted by Crippen LogP contribution is -2.30. The van der Waals surface area contributed by atoms with E-state index in [4.69, 9.17) is 37.0 Å². The monoisotopic (exact) mass is 1510 g/mol. The van der Waals surface area contributed by atoms with Crippen molar-refractivity contribution in [2.45, 2.75) is 458 Å². The van der Waals surface area contributed by atoms with Crippen molar-refractivity contribution in [2.24, 2.45) is 17.8 Å². The molecule has 6 atom stereocenters. The van der Waals surface area contributed by atoms with E-state index in [1.54, 1.807) is 0 Å². The van der Waals surface area contributed by atoms with Crippen LogP contribution >= 0.6 is 15.6 Å². The number of carbonyl (C=O) groups excluding carboxylic acids is 4. The molecule has 0 amide bonds. The molecular weight excluding hydrogens is 1340 g/mol. The normalized spacial score (nSPS) is 14.2. The Kier molecular flexibility index (Phi) is 72.8. The van der Waals surface area contributed by atoms with Gasteiger partial charge in [0.15, 0.2) is 12.2 Å². The SMILES string of the molecule is CCCCCCCCCCCCCCC(=O)OC[C@H](COP(=O)(O)OC[C@H](O)COP(=O)(O)OC[C@@H](COC(=O)CCCCCCCCCCCCCCCCCC(C)C)OC(=O)CCCCCCCCCCCCCCCCCCCCC(C)C)OC(=O)CCCCCCCCCCC(C)CC. The number of unbranched alkanes of at least 4 members (excludes halogenated alkanes) is 49. The van der Waals surface area contributed by atoms with Crippen LogP contribution in [0.25, 0.3) is 0 Å². The van der Waals surface area contributed by atoms with E-state index >= 15 is 0 Å². The molecule has 3 unspecified atom stereocenters. The van der Waals surface area contributed by atoms with Gasteiger partial charge in [-0.05, 0) is 43.4 Å². The first kappa shape index (κ1) is 101. The summed E-state index contributed by atoms with van der Waals surface area (Å²) in [6, 6.07) is 0. The molecule has 0 fully saturated rings. The number of esters is 4. The molecule has 0 saturated heterocycles. The molecule has 17 nitrogen and oxygen atoms in total. The molecule has 0 spiro atoms. The van der Waals surface area contributed by atoms with E-state index in [0.717, 1.165) is 108 Å². The smallest absolute Gasteiger partial charge is 0.462 e. The summed E-state index contributed by atoms with van der Waals surface area (Å²) >= 11 is 0. The van der Waals surface area contributed by atoms with E-state index in [0.29, 0.717) is 25.7 Å². The van der Waals surface area contributed by atoms with Gasteiger partial charge in [0.25, 0.3) is 0 Å². The number of carbonyl (C=O) groups is 4. The molecule has 103 heavy (non-hydrogen) atoms. The van der Waals surface area contributed by atoms with Gasteiger partial charge in [0.05, 0.1) is 26.4 Å². The quantitative estimate of drug-likeness (QED) is 0.0222. The molecule has 0 aromatic heterocycles. The van der Waals surface area contributed by atoms with Gasteiger partial charge >= 0.3 is 39.5 Å². The fraction of sp³-hybridized carbons (Fsp3) is 0.952. The van der Waals surface area contributed by atoms with Crippen LogP contribution in [0.1, 0.15) is 440 Å². The highest BCUT2D eigenvalue weighted by Gasteiger charge is 2.30. The molecule has 0 heterocycles. The van der Waals surface area contributed by atoms with Gasteiger partial charge in [-0.25, -0.2) is 9.13 Å². The zero-order valence-electron chi connectivity index (χ0n) is 67.8.